The first-order valence-electron chi connectivity index (χ1n) is 5.44. The predicted molar refractivity (Wildman–Crippen MR) is 63.8 cm³/mol. The third-order valence-corrected chi connectivity index (χ3v) is 2.66. The van der Waals surface area contributed by atoms with Gasteiger partial charge in [0.1, 0.15) is 11.6 Å². The highest BCUT2D eigenvalue weighted by Gasteiger charge is 2.11. The minimum Gasteiger partial charge on any atom is -0.321 e. The SMILES string of the molecule is Cc1cc(F)ccc1CC(N)c1ncccn1. The summed E-state index contributed by atoms with van der Waals surface area (Å²) in [5, 5.41) is 0. The van der Waals surface area contributed by atoms with Crippen molar-refractivity contribution in [3.8, 4) is 0 Å². The highest BCUT2D eigenvalue weighted by Crippen LogP contribution is 2.16. The van der Waals surface area contributed by atoms with Crippen LogP contribution in [0.4, 0.5) is 4.39 Å². The van der Waals surface area contributed by atoms with Gasteiger partial charge in [0.15, 0.2) is 0 Å². The Balaban J connectivity index is 2.16. The topological polar surface area (TPSA) is 51.8 Å². The molecule has 1 aromatic heterocycles. The summed E-state index contributed by atoms with van der Waals surface area (Å²) in [6, 6.07) is 6.20. The van der Waals surface area contributed by atoms with E-state index in [4.69, 9.17) is 5.73 Å². The van der Waals surface area contributed by atoms with Crippen molar-refractivity contribution >= 4 is 0 Å². The van der Waals surface area contributed by atoms with Gasteiger partial charge in [-0.3, -0.25) is 0 Å². The van der Waals surface area contributed by atoms with E-state index in [0.717, 1.165) is 11.1 Å². The summed E-state index contributed by atoms with van der Waals surface area (Å²) in [6.07, 6.45) is 3.94. The monoisotopic (exact) mass is 231 g/mol. The van der Waals surface area contributed by atoms with Crippen LogP contribution < -0.4 is 5.73 Å². The van der Waals surface area contributed by atoms with Crippen LogP contribution in [0.15, 0.2) is 36.7 Å². The van der Waals surface area contributed by atoms with Crippen molar-refractivity contribution in [1.82, 2.24) is 9.97 Å². The molecule has 0 bridgehead atoms. The predicted octanol–water partition coefficient (Wildman–Crippen LogP) is 2.17. The Morgan fingerprint density at radius 2 is 2.00 bits per heavy atom. The van der Waals surface area contributed by atoms with Gasteiger partial charge < -0.3 is 5.73 Å². The molecular formula is C13H14FN3. The molecule has 88 valence electrons. The molecular weight excluding hydrogens is 217 g/mol. The van der Waals surface area contributed by atoms with E-state index in [9.17, 15) is 4.39 Å². The highest BCUT2D eigenvalue weighted by molar-refractivity contribution is 5.27. The average molecular weight is 231 g/mol. The third kappa shape index (κ3) is 2.85. The molecule has 1 atom stereocenters. The molecule has 0 aliphatic carbocycles. The number of nitrogens with zero attached hydrogens (tertiary/aromatic N) is 2. The first-order chi connectivity index (χ1) is 8.16. The molecule has 0 radical (unpaired) electrons. The maximum absolute atomic E-state index is 13.0. The van der Waals surface area contributed by atoms with Crippen molar-refractivity contribution in [3.63, 3.8) is 0 Å². The average Bonchev–Trinajstić information content (AvgIpc) is 2.34. The Bertz CT molecular complexity index is 499. The molecule has 17 heavy (non-hydrogen) atoms. The molecule has 1 unspecified atom stereocenters. The van der Waals surface area contributed by atoms with Gasteiger partial charge >= 0.3 is 0 Å². The van der Waals surface area contributed by atoms with Crippen LogP contribution in [-0.4, -0.2) is 9.97 Å². The molecule has 0 saturated carbocycles. The Labute approximate surface area is 99.5 Å². The van der Waals surface area contributed by atoms with E-state index < -0.39 is 0 Å². The lowest BCUT2D eigenvalue weighted by Crippen LogP contribution is -2.16. The number of hydrogen-bond donors (Lipinski definition) is 1. The second-order valence-corrected chi connectivity index (χ2v) is 3.99. The van der Waals surface area contributed by atoms with E-state index in [1.54, 1.807) is 24.5 Å². The van der Waals surface area contributed by atoms with Crippen LogP contribution in [0.3, 0.4) is 0 Å². The number of halogens is 1. The van der Waals surface area contributed by atoms with Crippen LogP contribution in [-0.2, 0) is 6.42 Å². The van der Waals surface area contributed by atoms with E-state index in [2.05, 4.69) is 9.97 Å². The minimum absolute atomic E-state index is 0.226. The molecule has 2 aromatic rings. The Morgan fingerprint density at radius 1 is 1.29 bits per heavy atom. The third-order valence-electron chi connectivity index (χ3n) is 2.66. The largest absolute Gasteiger partial charge is 0.321 e. The number of hydrogen-bond acceptors (Lipinski definition) is 3. The summed E-state index contributed by atoms with van der Waals surface area (Å²) in [4.78, 5) is 8.22. The summed E-state index contributed by atoms with van der Waals surface area (Å²) >= 11 is 0. The molecule has 2 N–H and O–H groups in total. The number of nitrogens with two attached hydrogens (primary N) is 1. The maximum Gasteiger partial charge on any atom is 0.145 e. The normalized spacial score (nSPS) is 12.4. The molecule has 0 saturated heterocycles. The van der Waals surface area contributed by atoms with Crippen LogP contribution in [0.5, 0.6) is 0 Å². The van der Waals surface area contributed by atoms with Crippen molar-refractivity contribution in [2.24, 2.45) is 5.73 Å². The zero-order chi connectivity index (χ0) is 12.3. The van der Waals surface area contributed by atoms with Gasteiger partial charge in [0, 0.05) is 12.4 Å². The number of benzene rings is 1. The zero-order valence-corrected chi connectivity index (χ0v) is 9.60. The number of aryl methyl sites for hydroxylation is 1. The second-order valence-electron chi connectivity index (χ2n) is 3.99. The molecule has 0 aliphatic heterocycles. The first-order valence-corrected chi connectivity index (χ1v) is 5.44. The van der Waals surface area contributed by atoms with Gasteiger partial charge in [-0.05, 0) is 42.7 Å². The Morgan fingerprint density at radius 3 is 2.65 bits per heavy atom. The molecule has 3 nitrogen and oxygen atoms in total. The quantitative estimate of drug-likeness (QED) is 0.880. The molecule has 0 fully saturated rings. The van der Waals surface area contributed by atoms with Gasteiger partial charge in [-0.1, -0.05) is 6.07 Å². The highest BCUT2D eigenvalue weighted by atomic mass is 19.1. The number of rotatable bonds is 3. The van der Waals surface area contributed by atoms with E-state index in [1.165, 1.54) is 12.1 Å². The summed E-state index contributed by atoms with van der Waals surface area (Å²) in [5.74, 6) is 0.381. The van der Waals surface area contributed by atoms with Crippen molar-refractivity contribution in [2.75, 3.05) is 0 Å². The van der Waals surface area contributed by atoms with Gasteiger partial charge in [0.25, 0.3) is 0 Å². The lowest BCUT2D eigenvalue weighted by Gasteiger charge is -2.11. The van der Waals surface area contributed by atoms with Gasteiger partial charge in [-0.15, -0.1) is 0 Å². The standard InChI is InChI=1S/C13H14FN3/c1-9-7-11(14)4-3-10(9)8-12(15)13-16-5-2-6-17-13/h2-7,12H,8,15H2,1H3. The van der Waals surface area contributed by atoms with E-state index >= 15 is 0 Å². The van der Waals surface area contributed by atoms with E-state index in [1.807, 2.05) is 6.92 Å². The van der Waals surface area contributed by atoms with Crippen LogP contribution in [0.25, 0.3) is 0 Å². The molecule has 0 aliphatic rings. The number of aromatic nitrogens is 2. The summed E-state index contributed by atoms with van der Waals surface area (Å²) in [5.41, 5.74) is 7.93. The fourth-order valence-corrected chi connectivity index (χ4v) is 1.72. The fourth-order valence-electron chi connectivity index (χ4n) is 1.72. The van der Waals surface area contributed by atoms with Crippen molar-refractivity contribution in [3.05, 3.63) is 59.4 Å². The van der Waals surface area contributed by atoms with Crippen LogP contribution in [0.2, 0.25) is 0 Å². The van der Waals surface area contributed by atoms with Crippen molar-refractivity contribution in [2.45, 2.75) is 19.4 Å². The molecule has 2 rings (SSSR count). The fraction of sp³-hybridized carbons (Fsp3) is 0.231. The summed E-state index contributed by atoms with van der Waals surface area (Å²) in [7, 11) is 0. The zero-order valence-electron chi connectivity index (χ0n) is 9.60. The maximum atomic E-state index is 13.0. The van der Waals surface area contributed by atoms with Gasteiger partial charge in [-0.25, -0.2) is 14.4 Å². The van der Waals surface area contributed by atoms with Crippen LogP contribution >= 0.6 is 0 Å². The Hall–Kier alpha value is -1.81. The lowest BCUT2D eigenvalue weighted by molar-refractivity contribution is 0.621. The minimum atomic E-state index is -0.264. The summed E-state index contributed by atoms with van der Waals surface area (Å²) in [6.45, 7) is 1.87. The molecule has 0 spiro atoms. The van der Waals surface area contributed by atoms with Crippen molar-refractivity contribution in [1.29, 1.82) is 0 Å². The summed E-state index contributed by atoms with van der Waals surface area (Å²) < 4.78 is 13.0. The van der Waals surface area contributed by atoms with Gasteiger partial charge in [0.05, 0.1) is 6.04 Å². The van der Waals surface area contributed by atoms with Crippen molar-refractivity contribution < 1.29 is 4.39 Å². The first kappa shape index (κ1) is 11.7. The van der Waals surface area contributed by atoms with Gasteiger partial charge in [-0.2, -0.15) is 0 Å². The molecule has 1 heterocycles. The van der Waals surface area contributed by atoms with Crippen LogP contribution in [0.1, 0.15) is 23.0 Å². The van der Waals surface area contributed by atoms with E-state index in [0.29, 0.717) is 12.2 Å². The molecule has 0 amide bonds. The Kier molecular flexibility index (Phi) is 3.44. The van der Waals surface area contributed by atoms with Gasteiger partial charge in [0.2, 0.25) is 0 Å². The van der Waals surface area contributed by atoms with Crippen LogP contribution in [0, 0.1) is 12.7 Å². The molecule has 1 aromatic carbocycles. The lowest BCUT2D eigenvalue weighted by atomic mass is 10.0. The molecule has 4 heteroatoms. The van der Waals surface area contributed by atoms with E-state index in [-0.39, 0.29) is 11.9 Å². The smallest absolute Gasteiger partial charge is 0.145 e. The second kappa shape index (κ2) is 5.01.